The Bertz CT molecular complexity index is 531. The largest absolute Gasteiger partial charge is 0.352 e. The van der Waals surface area contributed by atoms with E-state index in [2.05, 4.69) is 26.6 Å². The molecule has 23 heavy (non-hydrogen) atoms. The molecule has 1 aromatic carbocycles. The van der Waals surface area contributed by atoms with E-state index in [0.717, 1.165) is 30.2 Å². The van der Waals surface area contributed by atoms with Crippen molar-refractivity contribution >= 4 is 40.2 Å². The summed E-state index contributed by atoms with van der Waals surface area (Å²) < 4.78 is 0.923. The maximum absolute atomic E-state index is 12.0. The molecule has 5 nitrogen and oxygen atoms in total. The monoisotopic (exact) mass is 403 g/mol. The maximum Gasteiger partial charge on any atom is 0.251 e. The molecule has 0 aromatic heterocycles. The van der Waals surface area contributed by atoms with Crippen molar-refractivity contribution in [3.8, 4) is 0 Å². The van der Waals surface area contributed by atoms with E-state index in [1.165, 1.54) is 0 Å². The summed E-state index contributed by atoms with van der Waals surface area (Å²) in [4.78, 5) is 23.9. The Morgan fingerprint density at radius 2 is 1.78 bits per heavy atom. The normalized spacial score (nSPS) is 15.6. The first kappa shape index (κ1) is 19.9. The number of hydrogen-bond donors (Lipinski definition) is 3. The summed E-state index contributed by atoms with van der Waals surface area (Å²) in [6.07, 6.45) is 4.38. The number of rotatable bonds is 6. The molecule has 1 aromatic rings. The lowest BCUT2D eigenvalue weighted by atomic mass is 9.97. The molecule has 2 amide bonds. The molecular formula is C16H23BrClN3O2. The third-order valence-corrected chi connectivity index (χ3v) is 4.63. The van der Waals surface area contributed by atoms with Gasteiger partial charge in [-0.15, -0.1) is 12.4 Å². The van der Waals surface area contributed by atoms with Gasteiger partial charge in [0.05, 0.1) is 5.54 Å². The Balaban J connectivity index is 0.00000264. The number of carbonyl (C=O) groups is 2. The van der Waals surface area contributed by atoms with E-state index in [-0.39, 0.29) is 36.2 Å². The molecule has 0 aliphatic heterocycles. The lowest BCUT2D eigenvalue weighted by Gasteiger charge is -2.28. The summed E-state index contributed by atoms with van der Waals surface area (Å²) in [6.45, 7) is 0.797. The van der Waals surface area contributed by atoms with Gasteiger partial charge in [0.1, 0.15) is 0 Å². The zero-order valence-electron chi connectivity index (χ0n) is 12.9. The summed E-state index contributed by atoms with van der Waals surface area (Å²) in [7, 11) is 0. The van der Waals surface area contributed by atoms with E-state index in [1.54, 1.807) is 12.1 Å². The van der Waals surface area contributed by atoms with Crippen molar-refractivity contribution in [1.82, 2.24) is 10.6 Å². The molecule has 1 saturated carbocycles. The number of nitrogens with two attached hydrogens (primary N) is 1. The van der Waals surface area contributed by atoms with Crippen molar-refractivity contribution in [2.45, 2.75) is 37.6 Å². The van der Waals surface area contributed by atoms with Gasteiger partial charge in [0.15, 0.2) is 0 Å². The fourth-order valence-corrected chi connectivity index (χ4v) is 3.05. The molecule has 4 N–H and O–H groups in total. The standard InChI is InChI=1S/C16H22BrN3O2.ClH/c17-13-5-3-12(4-6-13)15(22)19-10-7-14(21)20-16(11-18)8-1-2-9-16;/h3-6H,1-2,7-11,18H2,(H,19,22)(H,20,21);1H. The van der Waals surface area contributed by atoms with Gasteiger partial charge >= 0.3 is 0 Å². The highest BCUT2D eigenvalue weighted by Crippen LogP contribution is 2.28. The zero-order valence-corrected chi connectivity index (χ0v) is 15.3. The van der Waals surface area contributed by atoms with Crippen LogP contribution in [0.4, 0.5) is 0 Å². The topological polar surface area (TPSA) is 84.2 Å². The van der Waals surface area contributed by atoms with Gasteiger partial charge < -0.3 is 16.4 Å². The van der Waals surface area contributed by atoms with Gasteiger partial charge in [-0.05, 0) is 37.1 Å². The zero-order chi connectivity index (χ0) is 16.0. The van der Waals surface area contributed by atoms with Crippen molar-refractivity contribution in [3.05, 3.63) is 34.3 Å². The summed E-state index contributed by atoms with van der Waals surface area (Å²) in [5.74, 6) is -0.224. The van der Waals surface area contributed by atoms with Crippen LogP contribution >= 0.6 is 28.3 Å². The molecule has 0 heterocycles. The van der Waals surface area contributed by atoms with Crippen LogP contribution < -0.4 is 16.4 Å². The number of amides is 2. The highest BCUT2D eigenvalue weighted by molar-refractivity contribution is 9.10. The smallest absolute Gasteiger partial charge is 0.251 e. The van der Waals surface area contributed by atoms with Crippen LogP contribution in [0.2, 0.25) is 0 Å². The van der Waals surface area contributed by atoms with Crippen molar-refractivity contribution in [2.75, 3.05) is 13.1 Å². The number of nitrogens with one attached hydrogen (secondary N) is 2. The van der Waals surface area contributed by atoms with Crippen molar-refractivity contribution < 1.29 is 9.59 Å². The number of hydrogen-bond acceptors (Lipinski definition) is 3. The van der Waals surface area contributed by atoms with Crippen molar-refractivity contribution in [2.24, 2.45) is 5.73 Å². The van der Waals surface area contributed by atoms with Gasteiger partial charge in [0.2, 0.25) is 5.91 Å². The SMILES string of the molecule is Cl.NCC1(NC(=O)CCNC(=O)c2ccc(Br)cc2)CCCC1. The molecule has 2 rings (SSSR count). The first-order valence-corrected chi connectivity index (χ1v) is 8.39. The Morgan fingerprint density at radius 1 is 1.17 bits per heavy atom. The maximum atomic E-state index is 12.0. The van der Waals surface area contributed by atoms with Gasteiger partial charge in [-0.3, -0.25) is 9.59 Å². The van der Waals surface area contributed by atoms with Gasteiger partial charge in [0.25, 0.3) is 5.91 Å². The van der Waals surface area contributed by atoms with Gasteiger partial charge in [-0.1, -0.05) is 28.8 Å². The Labute approximate surface area is 151 Å². The van der Waals surface area contributed by atoms with Crippen LogP contribution in [0.25, 0.3) is 0 Å². The lowest BCUT2D eigenvalue weighted by molar-refractivity contribution is -0.122. The molecule has 1 fully saturated rings. The predicted octanol–water partition coefficient (Wildman–Crippen LogP) is 2.38. The van der Waals surface area contributed by atoms with Crippen LogP contribution in [0, 0.1) is 0 Å². The molecule has 0 unspecified atom stereocenters. The van der Waals surface area contributed by atoms with E-state index < -0.39 is 0 Å². The van der Waals surface area contributed by atoms with Crippen LogP contribution in [-0.4, -0.2) is 30.4 Å². The number of halogens is 2. The first-order valence-electron chi connectivity index (χ1n) is 7.59. The molecule has 128 valence electrons. The van der Waals surface area contributed by atoms with Crippen LogP contribution in [0.5, 0.6) is 0 Å². The second kappa shape index (κ2) is 9.25. The lowest BCUT2D eigenvalue weighted by Crippen LogP contribution is -2.52. The highest BCUT2D eigenvalue weighted by Gasteiger charge is 2.33. The minimum Gasteiger partial charge on any atom is -0.352 e. The molecule has 1 aliphatic rings. The average Bonchev–Trinajstić information content (AvgIpc) is 2.97. The van der Waals surface area contributed by atoms with Crippen LogP contribution in [-0.2, 0) is 4.79 Å². The molecule has 0 bridgehead atoms. The molecule has 0 spiro atoms. The fraction of sp³-hybridized carbons (Fsp3) is 0.500. The Morgan fingerprint density at radius 3 is 2.35 bits per heavy atom. The third kappa shape index (κ3) is 5.79. The van der Waals surface area contributed by atoms with Gasteiger partial charge in [0, 0.05) is 29.5 Å². The predicted molar refractivity (Wildman–Crippen MR) is 96.7 cm³/mol. The average molecular weight is 405 g/mol. The number of carbonyl (C=O) groups excluding carboxylic acids is 2. The van der Waals surface area contributed by atoms with Crippen LogP contribution in [0.15, 0.2) is 28.7 Å². The second-order valence-electron chi connectivity index (χ2n) is 5.75. The van der Waals surface area contributed by atoms with E-state index in [4.69, 9.17) is 5.73 Å². The summed E-state index contributed by atoms with van der Waals surface area (Å²) in [5.41, 5.74) is 6.15. The van der Waals surface area contributed by atoms with E-state index >= 15 is 0 Å². The summed E-state index contributed by atoms with van der Waals surface area (Å²) >= 11 is 3.32. The van der Waals surface area contributed by atoms with Crippen molar-refractivity contribution in [3.63, 3.8) is 0 Å². The van der Waals surface area contributed by atoms with E-state index in [9.17, 15) is 9.59 Å². The van der Waals surface area contributed by atoms with Crippen molar-refractivity contribution in [1.29, 1.82) is 0 Å². The molecule has 0 atom stereocenters. The molecule has 0 saturated heterocycles. The van der Waals surface area contributed by atoms with Gasteiger partial charge in [-0.2, -0.15) is 0 Å². The van der Waals surface area contributed by atoms with E-state index in [1.807, 2.05) is 12.1 Å². The molecule has 7 heteroatoms. The highest BCUT2D eigenvalue weighted by atomic mass is 79.9. The molecular weight excluding hydrogens is 382 g/mol. The summed E-state index contributed by atoms with van der Waals surface area (Å²) in [5, 5.41) is 5.80. The Kier molecular flexibility index (Phi) is 8.02. The van der Waals surface area contributed by atoms with Crippen LogP contribution in [0.3, 0.4) is 0 Å². The molecule has 0 radical (unpaired) electrons. The third-order valence-electron chi connectivity index (χ3n) is 4.10. The Hall–Kier alpha value is -1.11. The minimum atomic E-state index is -0.229. The number of benzene rings is 1. The van der Waals surface area contributed by atoms with Crippen LogP contribution in [0.1, 0.15) is 42.5 Å². The molecule has 1 aliphatic carbocycles. The quantitative estimate of drug-likeness (QED) is 0.680. The summed E-state index contributed by atoms with van der Waals surface area (Å²) in [6, 6.07) is 7.10. The van der Waals surface area contributed by atoms with E-state index in [0.29, 0.717) is 18.7 Å². The fourth-order valence-electron chi connectivity index (χ4n) is 2.78. The van der Waals surface area contributed by atoms with Gasteiger partial charge in [-0.25, -0.2) is 0 Å². The first-order chi connectivity index (χ1) is 10.5. The second-order valence-corrected chi connectivity index (χ2v) is 6.67. The minimum absolute atomic E-state index is 0.